The second kappa shape index (κ2) is 4.90. The quantitative estimate of drug-likeness (QED) is 0.754. The van der Waals surface area contributed by atoms with Gasteiger partial charge in [0.05, 0.1) is 0 Å². The number of hydrogen-bond acceptors (Lipinski definition) is 3. The normalized spacial score (nSPS) is 10.3. The number of phenols is 1. The smallest absolute Gasteiger partial charge is 0.124 e. The fourth-order valence-corrected chi connectivity index (χ4v) is 2.01. The lowest BCUT2D eigenvalue weighted by atomic mass is 10.0. The maximum Gasteiger partial charge on any atom is 0.124 e. The van der Waals surface area contributed by atoms with Gasteiger partial charge in [0.2, 0.25) is 0 Å². The van der Waals surface area contributed by atoms with Crippen LogP contribution in [0.3, 0.4) is 0 Å². The molecule has 0 unspecified atom stereocenters. The Bertz CT molecular complexity index is 682. The van der Waals surface area contributed by atoms with Crippen LogP contribution >= 0.6 is 0 Å². The Morgan fingerprint density at radius 3 is 2.00 bits per heavy atom. The minimum Gasteiger partial charge on any atom is -0.507 e. The highest BCUT2D eigenvalue weighted by atomic mass is 16.3. The molecule has 0 aliphatic rings. The minimum absolute atomic E-state index is 0.245. The summed E-state index contributed by atoms with van der Waals surface area (Å²) >= 11 is 0. The van der Waals surface area contributed by atoms with Crippen molar-refractivity contribution >= 4 is 0 Å². The van der Waals surface area contributed by atoms with Gasteiger partial charge in [-0.2, -0.15) is 0 Å². The van der Waals surface area contributed by atoms with E-state index in [2.05, 4.69) is 9.97 Å². The van der Waals surface area contributed by atoms with Crippen LogP contribution in [-0.2, 0) is 0 Å². The highest BCUT2D eigenvalue weighted by Crippen LogP contribution is 2.32. The van der Waals surface area contributed by atoms with E-state index in [1.807, 2.05) is 36.4 Å². The van der Waals surface area contributed by atoms with Gasteiger partial charge in [0.15, 0.2) is 0 Å². The van der Waals surface area contributed by atoms with Gasteiger partial charge in [0, 0.05) is 41.5 Å². The summed E-state index contributed by atoms with van der Waals surface area (Å²) in [7, 11) is 0. The Morgan fingerprint density at radius 1 is 0.737 bits per heavy atom. The first-order valence-electron chi connectivity index (χ1n) is 5.98. The van der Waals surface area contributed by atoms with Crippen molar-refractivity contribution in [1.82, 2.24) is 9.97 Å². The molecule has 0 atom stereocenters. The van der Waals surface area contributed by atoms with Crippen LogP contribution in [0, 0.1) is 0 Å². The molecule has 1 aromatic carbocycles. The first kappa shape index (κ1) is 11.4. The second-order valence-electron chi connectivity index (χ2n) is 4.22. The summed E-state index contributed by atoms with van der Waals surface area (Å²) in [4.78, 5) is 8.14. The van der Waals surface area contributed by atoms with Crippen molar-refractivity contribution in [1.29, 1.82) is 0 Å². The van der Waals surface area contributed by atoms with E-state index in [9.17, 15) is 5.11 Å². The van der Waals surface area contributed by atoms with Crippen LogP contribution in [0.5, 0.6) is 5.75 Å². The zero-order chi connectivity index (χ0) is 13.1. The molecule has 1 N–H and O–H groups in total. The van der Waals surface area contributed by atoms with Crippen LogP contribution in [0.1, 0.15) is 0 Å². The van der Waals surface area contributed by atoms with E-state index in [0.29, 0.717) is 0 Å². The molecule has 0 aliphatic carbocycles. The molecule has 0 saturated heterocycles. The van der Waals surface area contributed by atoms with Crippen LogP contribution in [-0.4, -0.2) is 15.1 Å². The van der Waals surface area contributed by atoms with Crippen LogP contribution < -0.4 is 0 Å². The number of aromatic hydroxyl groups is 1. The maximum atomic E-state index is 10.2. The number of hydrogen-bond donors (Lipinski definition) is 1. The largest absolute Gasteiger partial charge is 0.507 e. The second-order valence-corrected chi connectivity index (χ2v) is 4.22. The predicted molar refractivity (Wildman–Crippen MR) is 74.6 cm³/mol. The number of benzene rings is 1. The van der Waals surface area contributed by atoms with E-state index in [-0.39, 0.29) is 5.75 Å². The molecule has 0 saturated carbocycles. The molecular formula is C16H12N2O. The zero-order valence-corrected chi connectivity index (χ0v) is 10.2. The average Bonchev–Trinajstić information content (AvgIpc) is 2.49. The summed E-state index contributed by atoms with van der Waals surface area (Å²) in [6.07, 6.45) is 6.95. The molecule has 0 spiro atoms. The van der Waals surface area contributed by atoms with E-state index in [0.717, 1.165) is 22.3 Å². The van der Waals surface area contributed by atoms with Gasteiger partial charge in [-0.3, -0.25) is 9.97 Å². The number of pyridine rings is 2. The van der Waals surface area contributed by atoms with Gasteiger partial charge < -0.3 is 5.11 Å². The van der Waals surface area contributed by atoms with E-state index in [1.165, 1.54) is 0 Å². The molecule has 3 nitrogen and oxygen atoms in total. The fourth-order valence-electron chi connectivity index (χ4n) is 2.01. The summed E-state index contributed by atoms with van der Waals surface area (Å²) in [5.74, 6) is 0.245. The fraction of sp³-hybridized carbons (Fsp3) is 0. The standard InChI is InChI=1S/C16H12N2O/c19-16-9-12(13-3-1-7-17-10-13)5-6-15(16)14-4-2-8-18-11-14/h1-11,19H. The molecule has 19 heavy (non-hydrogen) atoms. The van der Waals surface area contributed by atoms with Gasteiger partial charge in [0.25, 0.3) is 0 Å². The number of nitrogens with zero attached hydrogens (tertiary/aromatic N) is 2. The van der Waals surface area contributed by atoms with E-state index >= 15 is 0 Å². The van der Waals surface area contributed by atoms with E-state index < -0.39 is 0 Å². The summed E-state index contributed by atoms with van der Waals surface area (Å²) in [5, 5.41) is 10.2. The molecular weight excluding hydrogens is 236 g/mol. The van der Waals surface area contributed by atoms with Crippen molar-refractivity contribution < 1.29 is 5.11 Å². The van der Waals surface area contributed by atoms with Crippen LogP contribution in [0.2, 0.25) is 0 Å². The van der Waals surface area contributed by atoms with Crippen molar-refractivity contribution in [3.63, 3.8) is 0 Å². The Kier molecular flexibility index (Phi) is 2.94. The van der Waals surface area contributed by atoms with E-state index in [4.69, 9.17) is 0 Å². The van der Waals surface area contributed by atoms with Crippen LogP contribution in [0.4, 0.5) is 0 Å². The van der Waals surface area contributed by atoms with Gasteiger partial charge in [-0.05, 0) is 29.8 Å². The molecule has 0 aliphatic heterocycles. The van der Waals surface area contributed by atoms with Gasteiger partial charge in [-0.1, -0.05) is 18.2 Å². The van der Waals surface area contributed by atoms with Crippen molar-refractivity contribution in [3.05, 3.63) is 67.3 Å². The van der Waals surface area contributed by atoms with E-state index in [1.54, 1.807) is 30.9 Å². The lowest BCUT2D eigenvalue weighted by Gasteiger charge is -2.07. The lowest BCUT2D eigenvalue weighted by molar-refractivity contribution is 0.477. The topological polar surface area (TPSA) is 46.0 Å². The van der Waals surface area contributed by atoms with Crippen molar-refractivity contribution in [2.45, 2.75) is 0 Å². The molecule has 3 aromatic rings. The molecule has 0 amide bonds. The molecule has 3 heteroatoms. The van der Waals surface area contributed by atoms with Crippen LogP contribution in [0.25, 0.3) is 22.3 Å². The Hall–Kier alpha value is -2.68. The Labute approximate surface area is 111 Å². The predicted octanol–water partition coefficient (Wildman–Crippen LogP) is 3.52. The molecule has 2 aromatic heterocycles. The average molecular weight is 248 g/mol. The third kappa shape index (κ3) is 2.31. The van der Waals surface area contributed by atoms with Gasteiger partial charge >= 0.3 is 0 Å². The molecule has 2 heterocycles. The molecule has 0 radical (unpaired) electrons. The van der Waals surface area contributed by atoms with Crippen molar-refractivity contribution in [3.8, 4) is 28.0 Å². The third-order valence-electron chi connectivity index (χ3n) is 2.97. The summed E-state index contributed by atoms with van der Waals surface area (Å²) in [6, 6.07) is 13.2. The maximum absolute atomic E-state index is 10.2. The van der Waals surface area contributed by atoms with Gasteiger partial charge in [0.1, 0.15) is 5.75 Å². The molecule has 0 bridgehead atoms. The molecule has 0 fully saturated rings. The number of phenolic OH excluding ortho intramolecular Hbond substituents is 1. The molecule has 92 valence electrons. The Morgan fingerprint density at radius 2 is 1.42 bits per heavy atom. The van der Waals surface area contributed by atoms with Crippen molar-refractivity contribution in [2.75, 3.05) is 0 Å². The van der Waals surface area contributed by atoms with Crippen molar-refractivity contribution in [2.24, 2.45) is 0 Å². The lowest BCUT2D eigenvalue weighted by Crippen LogP contribution is -1.83. The van der Waals surface area contributed by atoms with Gasteiger partial charge in [-0.15, -0.1) is 0 Å². The highest BCUT2D eigenvalue weighted by molar-refractivity contribution is 5.75. The summed E-state index contributed by atoms with van der Waals surface area (Å²) < 4.78 is 0. The number of rotatable bonds is 2. The minimum atomic E-state index is 0.245. The SMILES string of the molecule is Oc1cc(-c2cccnc2)ccc1-c1cccnc1. The monoisotopic (exact) mass is 248 g/mol. The molecule has 3 rings (SSSR count). The van der Waals surface area contributed by atoms with Gasteiger partial charge in [-0.25, -0.2) is 0 Å². The first-order valence-corrected chi connectivity index (χ1v) is 5.98. The van der Waals surface area contributed by atoms with Crippen LogP contribution in [0.15, 0.2) is 67.3 Å². The summed E-state index contributed by atoms with van der Waals surface area (Å²) in [5.41, 5.74) is 3.60. The highest BCUT2D eigenvalue weighted by Gasteiger charge is 2.06. The third-order valence-corrected chi connectivity index (χ3v) is 2.97. The number of aromatic nitrogens is 2. The Balaban J connectivity index is 2.04. The summed E-state index contributed by atoms with van der Waals surface area (Å²) in [6.45, 7) is 0. The first-order chi connectivity index (χ1) is 9.34. The zero-order valence-electron chi connectivity index (χ0n) is 10.2.